The summed E-state index contributed by atoms with van der Waals surface area (Å²) in [7, 11) is 3.87. The molecule has 2 aromatic rings. The van der Waals surface area contributed by atoms with E-state index < -0.39 is 0 Å². The molecule has 1 aromatic heterocycles. The number of methoxy groups -OCH3 is 1. The molecule has 2 fully saturated rings. The lowest BCUT2D eigenvalue weighted by Crippen LogP contribution is -2.32. The number of Topliss-reactive ketones (excluding diaryl/α,β-unsaturated/α-hetero) is 1. The van der Waals surface area contributed by atoms with Crippen LogP contribution in [0.15, 0.2) is 40.8 Å². The van der Waals surface area contributed by atoms with Crippen LogP contribution in [0.25, 0.3) is 11.1 Å². The minimum Gasteiger partial charge on any atom is -0.493 e. The van der Waals surface area contributed by atoms with Gasteiger partial charge in [0.15, 0.2) is 11.5 Å². The van der Waals surface area contributed by atoms with E-state index in [1.54, 1.807) is 7.11 Å². The SMILES string of the molecule is C/C=C(/C=C(/CCCC1CCC(CCC)C(=O)C1)c1cc(OC)c(OCC2CCN(C)CC2)cc1N)c1ccc(C)o1. The number of rotatable bonds is 13. The lowest BCUT2D eigenvalue weighted by atomic mass is 9.77. The van der Waals surface area contributed by atoms with Crippen LogP contribution in [0.2, 0.25) is 0 Å². The first-order valence-electron chi connectivity index (χ1n) is 16.1. The predicted molar refractivity (Wildman–Crippen MR) is 173 cm³/mol. The highest BCUT2D eigenvalue weighted by Gasteiger charge is 2.27. The first-order valence-corrected chi connectivity index (χ1v) is 16.1. The van der Waals surface area contributed by atoms with Crippen LogP contribution in [0.1, 0.15) is 95.1 Å². The summed E-state index contributed by atoms with van der Waals surface area (Å²) >= 11 is 0. The normalized spacial score (nSPS) is 21.1. The van der Waals surface area contributed by atoms with Crippen molar-refractivity contribution < 1.29 is 18.7 Å². The van der Waals surface area contributed by atoms with Crippen LogP contribution in [0, 0.1) is 24.7 Å². The van der Waals surface area contributed by atoms with Crippen LogP contribution in [-0.4, -0.2) is 44.5 Å². The van der Waals surface area contributed by atoms with Crippen LogP contribution >= 0.6 is 0 Å². The molecule has 2 atom stereocenters. The zero-order valence-corrected chi connectivity index (χ0v) is 26.5. The van der Waals surface area contributed by atoms with Crippen molar-refractivity contribution in [1.29, 1.82) is 0 Å². The summed E-state index contributed by atoms with van der Waals surface area (Å²) in [5.74, 6) is 4.90. The van der Waals surface area contributed by atoms with Crippen molar-refractivity contribution in [2.75, 3.05) is 39.6 Å². The Morgan fingerprint density at radius 2 is 1.88 bits per heavy atom. The molecule has 4 rings (SSSR count). The van der Waals surface area contributed by atoms with Gasteiger partial charge < -0.3 is 24.5 Å². The van der Waals surface area contributed by atoms with Gasteiger partial charge in [-0.05, 0) is 127 Å². The zero-order valence-electron chi connectivity index (χ0n) is 26.5. The first-order chi connectivity index (χ1) is 20.3. The number of nitrogens with zero attached hydrogens (tertiary/aromatic N) is 1. The van der Waals surface area contributed by atoms with E-state index in [0.29, 0.717) is 41.4 Å². The number of aryl methyl sites for hydroxylation is 1. The minimum atomic E-state index is 0.281. The number of nitrogens with two attached hydrogens (primary N) is 1. The molecule has 1 aromatic carbocycles. The Hall–Kier alpha value is -2.99. The van der Waals surface area contributed by atoms with Gasteiger partial charge >= 0.3 is 0 Å². The molecule has 6 heteroatoms. The highest BCUT2D eigenvalue weighted by Crippen LogP contribution is 2.40. The van der Waals surface area contributed by atoms with Crippen LogP contribution in [0.5, 0.6) is 11.5 Å². The van der Waals surface area contributed by atoms with E-state index >= 15 is 0 Å². The lowest BCUT2D eigenvalue weighted by molar-refractivity contribution is -0.126. The molecule has 0 radical (unpaired) electrons. The summed E-state index contributed by atoms with van der Waals surface area (Å²) in [4.78, 5) is 15.1. The maximum Gasteiger partial charge on any atom is 0.163 e. The van der Waals surface area contributed by atoms with Gasteiger partial charge in [0.2, 0.25) is 0 Å². The summed E-state index contributed by atoms with van der Waals surface area (Å²) in [5, 5.41) is 0. The molecule has 2 aliphatic rings. The van der Waals surface area contributed by atoms with Crippen molar-refractivity contribution in [1.82, 2.24) is 4.90 Å². The smallest absolute Gasteiger partial charge is 0.163 e. The van der Waals surface area contributed by atoms with Crippen LogP contribution < -0.4 is 15.2 Å². The Morgan fingerprint density at radius 1 is 1.10 bits per heavy atom. The number of benzene rings is 1. The number of furan rings is 1. The molecule has 2 unspecified atom stereocenters. The monoisotopic (exact) mass is 576 g/mol. The van der Waals surface area contributed by atoms with E-state index in [9.17, 15) is 4.79 Å². The molecular weight excluding hydrogens is 524 g/mol. The fourth-order valence-corrected chi connectivity index (χ4v) is 6.55. The number of likely N-dealkylation sites (tertiary alicyclic amines) is 1. The van der Waals surface area contributed by atoms with Gasteiger partial charge in [-0.25, -0.2) is 0 Å². The quantitative estimate of drug-likeness (QED) is 0.191. The first kappa shape index (κ1) is 31.9. The maximum absolute atomic E-state index is 12.7. The molecule has 2 N–H and O–H groups in total. The molecule has 0 amide bonds. The lowest BCUT2D eigenvalue weighted by Gasteiger charge is -2.29. The standard InChI is InChI=1S/C36H52N2O4/c1-6-9-29-14-13-26(20-33(29)39)10-8-11-30(21-28(7-2)34-15-12-25(3)42-34)31-22-35(40-5)36(23-32(31)37)41-24-27-16-18-38(4)19-17-27/h7,12,15,21-23,26-27,29H,6,8-11,13-14,16-20,24,37H2,1-5H3/b28-7-,30-21-. The second kappa shape index (κ2) is 15.5. The number of ketones is 1. The van der Waals surface area contributed by atoms with Gasteiger partial charge in [-0.15, -0.1) is 0 Å². The van der Waals surface area contributed by atoms with E-state index in [-0.39, 0.29) is 5.92 Å². The Bertz CT molecular complexity index is 1240. The van der Waals surface area contributed by atoms with Crippen LogP contribution in [-0.2, 0) is 4.79 Å². The van der Waals surface area contributed by atoms with E-state index in [0.717, 1.165) is 106 Å². The number of carbonyl (C=O) groups is 1. The van der Waals surface area contributed by atoms with Gasteiger partial charge in [-0.2, -0.15) is 0 Å². The predicted octanol–water partition coefficient (Wildman–Crippen LogP) is 8.34. The zero-order chi connectivity index (χ0) is 30.1. The van der Waals surface area contributed by atoms with Crippen molar-refractivity contribution in [2.24, 2.45) is 17.8 Å². The molecule has 230 valence electrons. The molecule has 0 spiro atoms. The van der Waals surface area contributed by atoms with E-state index in [2.05, 4.69) is 31.0 Å². The number of hydrogen-bond donors (Lipinski definition) is 1. The maximum atomic E-state index is 12.7. The Balaban J connectivity index is 1.53. The average Bonchev–Trinajstić information content (AvgIpc) is 3.42. The molecule has 1 aliphatic carbocycles. The average molecular weight is 577 g/mol. The molecule has 1 saturated carbocycles. The van der Waals surface area contributed by atoms with Gasteiger partial charge in [0.1, 0.15) is 17.3 Å². The summed E-state index contributed by atoms with van der Waals surface area (Å²) in [6.07, 6.45) is 14.5. The van der Waals surface area contributed by atoms with E-state index in [1.165, 1.54) is 0 Å². The molecule has 42 heavy (non-hydrogen) atoms. The highest BCUT2D eigenvalue weighted by molar-refractivity contribution is 5.86. The number of hydrogen-bond acceptors (Lipinski definition) is 6. The van der Waals surface area contributed by atoms with Crippen LogP contribution in [0.3, 0.4) is 0 Å². The molecular formula is C36H52N2O4. The number of carbonyl (C=O) groups excluding carboxylic acids is 1. The van der Waals surface area contributed by atoms with Gasteiger partial charge in [0.25, 0.3) is 0 Å². The molecule has 1 saturated heterocycles. The molecule has 6 nitrogen and oxygen atoms in total. The third-order valence-electron chi connectivity index (χ3n) is 9.22. The van der Waals surface area contributed by atoms with Crippen molar-refractivity contribution in [3.63, 3.8) is 0 Å². The number of allylic oxidation sites excluding steroid dienone is 4. The number of anilines is 1. The summed E-state index contributed by atoms with van der Waals surface area (Å²) in [6.45, 7) is 9.06. The van der Waals surface area contributed by atoms with E-state index in [4.69, 9.17) is 19.6 Å². The second-order valence-electron chi connectivity index (χ2n) is 12.5. The number of piperidine rings is 1. The number of nitrogen functional groups attached to an aromatic ring is 1. The molecule has 2 heterocycles. The fraction of sp³-hybridized carbons (Fsp3) is 0.583. The topological polar surface area (TPSA) is 77.9 Å². The van der Waals surface area contributed by atoms with Gasteiger partial charge in [-0.3, -0.25) is 4.79 Å². The van der Waals surface area contributed by atoms with Crippen molar-refractivity contribution >= 4 is 22.6 Å². The fourth-order valence-electron chi connectivity index (χ4n) is 6.55. The second-order valence-corrected chi connectivity index (χ2v) is 12.5. The largest absolute Gasteiger partial charge is 0.493 e. The summed E-state index contributed by atoms with van der Waals surface area (Å²) in [5.41, 5.74) is 10.5. The van der Waals surface area contributed by atoms with Gasteiger partial charge in [0, 0.05) is 35.2 Å². The Morgan fingerprint density at radius 3 is 2.52 bits per heavy atom. The third kappa shape index (κ3) is 8.53. The Kier molecular flexibility index (Phi) is 11.8. The summed E-state index contributed by atoms with van der Waals surface area (Å²) in [6, 6.07) is 7.97. The van der Waals surface area contributed by atoms with Crippen molar-refractivity contribution in [3.8, 4) is 11.5 Å². The summed E-state index contributed by atoms with van der Waals surface area (Å²) < 4.78 is 18.1. The van der Waals surface area contributed by atoms with Gasteiger partial charge in [-0.1, -0.05) is 19.4 Å². The minimum absolute atomic E-state index is 0.281. The highest BCUT2D eigenvalue weighted by atomic mass is 16.5. The molecule has 1 aliphatic heterocycles. The van der Waals surface area contributed by atoms with Gasteiger partial charge in [0.05, 0.1) is 13.7 Å². The Labute approximate surface area is 253 Å². The third-order valence-corrected chi connectivity index (χ3v) is 9.22. The van der Waals surface area contributed by atoms with Crippen molar-refractivity contribution in [3.05, 3.63) is 53.5 Å². The molecule has 0 bridgehead atoms. The van der Waals surface area contributed by atoms with Crippen molar-refractivity contribution in [2.45, 2.75) is 85.0 Å². The van der Waals surface area contributed by atoms with E-state index in [1.807, 2.05) is 38.1 Å². The number of ether oxygens (including phenoxy) is 2. The van der Waals surface area contributed by atoms with Crippen LogP contribution in [0.4, 0.5) is 5.69 Å².